The molecule has 3 rings (SSSR count). The molecular formula is C16H15N7O4S. The van der Waals surface area contributed by atoms with Crippen molar-refractivity contribution in [2.45, 2.75) is 4.90 Å². The summed E-state index contributed by atoms with van der Waals surface area (Å²) in [5.41, 5.74) is 0.141. The van der Waals surface area contributed by atoms with E-state index in [1.54, 1.807) is 19.3 Å². The third-order valence-corrected chi connectivity index (χ3v) is 4.52. The second-order valence-corrected chi connectivity index (χ2v) is 7.11. The highest BCUT2D eigenvalue weighted by Crippen LogP contribution is 2.44. The van der Waals surface area contributed by atoms with Crippen LogP contribution in [0, 0.1) is 0 Å². The topological polar surface area (TPSA) is 168 Å². The number of benzene rings is 2. The van der Waals surface area contributed by atoms with Crippen molar-refractivity contribution in [1.82, 2.24) is 9.78 Å². The predicted octanol–water partition coefficient (Wildman–Crippen LogP) is 3.31. The number of azo groups is 2. The lowest BCUT2D eigenvalue weighted by Crippen LogP contribution is -2.11. The van der Waals surface area contributed by atoms with Gasteiger partial charge in [0.05, 0.1) is 16.8 Å². The van der Waals surface area contributed by atoms with Gasteiger partial charge in [-0.1, -0.05) is 0 Å². The van der Waals surface area contributed by atoms with Crippen LogP contribution >= 0.6 is 0 Å². The summed E-state index contributed by atoms with van der Waals surface area (Å²) in [6.07, 6.45) is 1.55. The summed E-state index contributed by atoms with van der Waals surface area (Å²) in [4.78, 5) is -0.0743. The second kappa shape index (κ2) is 7.54. The molecule has 2 aromatic carbocycles. The van der Waals surface area contributed by atoms with E-state index < -0.39 is 15.8 Å². The molecule has 11 nitrogen and oxygen atoms in total. The standard InChI is InChI=1S/C16H15N7O4S/c1-23-14(8-9-18-23)21-20-12-6-7-13(24)15(16(12)25)22-19-10-2-4-11(5-3-10)28(17,26)27/h2-9,24-25H,1H3,(H2,17,26,27)/b21-20+,22-19+. The van der Waals surface area contributed by atoms with Crippen molar-refractivity contribution in [1.29, 1.82) is 0 Å². The largest absolute Gasteiger partial charge is 0.505 e. The van der Waals surface area contributed by atoms with E-state index >= 15 is 0 Å². The Bertz CT molecular complexity index is 1170. The summed E-state index contributed by atoms with van der Waals surface area (Å²) in [5, 5.41) is 44.8. The highest BCUT2D eigenvalue weighted by Gasteiger charge is 2.13. The summed E-state index contributed by atoms with van der Waals surface area (Å²) in [5.74, 6) is -0.275. The van der Waals surface area contributed by atoms with E-state index in [0.29, 0.717) is 5.82 Å². The molecule has 0 aliphatic heterocycles. The number of phenolic OH excluding ortho intramolecular Hbond substituents is 2. The van der Waals surface area contributed by atoms with E-state index in [2.05, 4.69) is 25.6 Å². The minimum atomic E-state index is -3.82. The maximum absolute atomic E-state index is 11.3. The van der Waals surface area contributed by atoms with Gasteiger partial charge in [-0.15, -0.1) is 15.3 Å². The van der Waals surface area contributed by atoms with Crippen LogP contribution in [0.5, 0.6) is 11.5 Å². The molecule has 0 fully saturated rings. The molecule has 0 saturated carbocycles. The zero-order chi connectivity index (χ0) is 20.3. The summed E-state index contributed by atoms with van der Waals surface area (Å²) in [7, 11) is -2.13. The van der Waals surface area contributed by atoms with Gasteiger partial charge in [0.15, 0.2) is 17.3 Å². The van der Waals surface area contributed by atoms with Crippen LogP contribution in [0.3, 0.4) is 0 Å². The molecule has 144 valence electrons. The van der Waals surface area contributed by atoms with Gasteiger partial charge in [0, 0.05) is 13.1 Å². The SMILES string of the molecule is Cn1nccc1/N=N/c1ccc(O)c(/N=N/c2ccc(S(N)(=O)=O)cc2)c1O. The highest BCUT2D eigenvalue weighted by atomic mass is 32.2. The number of aromatic nitrogens is 2. The minimum Gasteiger partial charge on any atom is -0.505 e. The Kier molecular flexibility index (Phi) is 5.15. The van der Waals surface area contributed by atoms with Gasteiger partial charge in [0.1, 0.15) is 11.4 Å². The molecule has 0 unspecified atom stereocenters. The van der Waals surface area contributed by atoms with Crippen molar-refractivity contribution < 1.29 is 18.6 Å². The first-order valence-electron chi connectivity index (χ1n) is 7.75. The average molecular weight is 401 g/mol. The fourth-order valence-electron chi connectivity index (χ4n) is 2.12. The van der Waals surface area contributed by atoms with Crippen LogP contribution in [-0.2, 0) is 17.1 Å². The fraction of sp³-hybridized carbons (Fsp3) is 0.0625. The van der Waals surface area contributed by atoms with Gasteiger partial charge >= 0.3 is 0 Å². The van der Waals surface area contributed by atoms with Crippen LogP contribution in [0.2, 0.25) is 0 Å². The normalized spacial score (nSPS) is 12.2. The quantitative estimate of drug-likeness (QED) is 0.556. The van der Waals surface area contributed by atoms with Crippen molar-refractivity contribution in [3.63, 3.8) is 0 Å². The molecule has 0 bridgehead atoms. The number of phenols is 2. The van der Waals surface area contributed by atoms with E-state index in [1.807, 2.05) is 0 Å². The van der Waals surface area contributed by atoms with Gasteiger partial charge in [-0.25, -0.2) is 18.2 Å². The van der Waals surface area contributed by atoms with Crippen molar-refractivity contribution in [3.8, 4) is 11.5 Å². The van der Waals surface area contributed by atoms with Crippen LogP contribution < -0.4 is 5.14 Å². The van der Waals surface area contributed by atoms with Gasteiger partial charge in [0.2, 0.25) is 10.0 Å². The van der Waals surface area contributed by atoms with E-state index in [0.717, 1.165) is 0 Å². The Morgan fingerprint density at radius 1 is 0.964 bits per heavy atom. The van der Waals surface area contributed by atoms with Gasteiger partial charge < -0.3 is 10.2 Å². The molecule has 0 aliphatic rings. The van der Waals surface area contributed by atoms with Crippen LogP contribution in [0.25, 0.3) is 0 Å². The number of primary sulfonamides is 1. The van der Waals surface area contributed by atoms with Gasteiger partial charge in [-0.05, 0) is 36.4 Å². The maximum atomic E-state index is 11.3. The van der Waals surface area contributed by atoms with Gasteiger partial charge in [-0.3, -0.25) is 0 Å². The first-order chi connectivity index (χ1) is 13.3. The lowest BCUT2D eigenvalue weighted by molar-refractivity contribution is 0.453. The van der Waals surface area contributed by atoms with Crippen LogP contribution in [0.1, 0.15) is 0 Å². The third kappa shape index (κ3) is 4.19. The van der Waals surface area contributed by atoms with Gasteiger partial charge in [0.25, 0.3) is 0 Å². The van der Waals surface area contributed by atoms with E-state index in [4.69, 9.17) is 5.14 Å². The number of hydrogen-bond donors (Lipinski definition) is 3. The molecule has 4 N–H and O–H groups in total. The van der Waals surface area contributed by atoms with Crippen molar-refractivity contribution in [2.24, 2.45) is 32.6 Å². The molecule has 0 aliphatic carbocycles. The number of hydrogen-bond acceptors (Lipinski definition) is 9. The smallest absolute Gasteiger partial charge is 0.238 e. The van der Waals surface area contributed by atoms with Crippen LogP contribution in [0.4, 0.5) is 22.9 Å². The van der Waals surface area contributed by atoms with Crippen molar-refractivity contribution >= 4 is 32.9 Å². The molecule has 0 saturated heterocycles. The number of aromatic hydroxyl groups is 2. The van der Waals surface area contributed by atoms with Crippen molar-refractivity contribution in [2.75, 3.05) is 0 Å². The molecule has 0 spiro atoms. The summed E-state index contributed by atoms with van der Waals surface area (Å²) < 4.78 is 24.0. The average Bonchev–Trinajstić information content (AvgIpc) is 3.05. The lowest BCUT2D eigenvalue weighted by Gasteiger charge is -2.04. The molecule has 1 aromatic heterocycles. The molecule has 0 amide bonds. The number of sulfonamides is 1. The summed E-state index contributed by atoms with van der Waals surface area (Å²) in [6, 6.07) is 9.57. The summed E-state index contributed by atoms with van der Waals surface area (Å²) >= 11 is 0. The fourth-order valence-corrected chi connectivity index (χ4v) is 2.63. The minimum absolute atomic E-state index is 0.0672. The molecule has 0 atom stereocenters. The number of nitrogens with two attached hydrogens (primary N) is 1. The van der Waals surface area contributed by atoms with Gasteiger partial charge in [-0.2, -0.15) is 10.2 Å². The lowest BCUT2D eigenvalue weighted by atomic mass is 10.2. The Morgan fingerprint density at radius 2 is 1.68 bits per heavy atom. The van der Waals surface area contributed by atoms with Crippen molar-refractivity contribution in [3.05, 3.63) is 48.7 Å². The number of rotatable bonds is 5. The van der Waals surface area contributed by atoms with Crippen LogP contribution in [-0.4, -0.2) is 28.4 Å². The molecule has 1 heterocycles. The number of aryl methyl sites for hydroxylation is 1. The molecular weight excluding hydrogens is 386 g/mol. The van der Waals surface area contributed by atoms with Crippen LogP contribution in [0.15, 0.2) is 74.0 Å². The Morgan fingerprint density at radius 3 is 2.29 bits per heavy atom. The molecule has 3 aromatic rings. The molecule has 12 heteroatoms. The Hall–Kier alpha value is -3.64. The predicted molar refractivity (Wildman–Crippen MR) is 99.1 cm³/mol. The van der Waals surface area contributed by atoms with E-state index in [1.165, 1.54) is 41.1 Å². The van der Waals surface area contributed by atoms with E-state index in [-0.39, 0.29) is 27.7 Å². The third-order valence-electron chi connectivity index (χ3n) is 3.59. The number of nitrogens with zero attached hydrogens (tertiary/aromatic N) is 6. The highest BCUT2D eigenvalue weighted by molar-refractivity contribution is 7.89. The Labute approximate surface area is 159 Å². The van der Waals surface area contributed by atoms with E-state index in [9.17, 15) is 18.6 Å². The first kappa shape index (κ1) is 19.1. The zero-order valence-electron chi connectivity index (χ0n) is 14.5. The Balaban J connectivity index is 1.88. The first-order valence-corrected chi connectivity index (χ1v) is 9.29. The maximum Gasteiger partial charge on any atom is 0.238 e. The zero-order valence-corrected chi connectivity index (χ0v) is 15.3. The monoisotopic (exact) mass is 401 g/mol. The second-order valence-electron chi connectivity index (χ2n) is 5.55. The molecule has 0 radical (unpaired) electrons. The summed E-state index contributed by atoms with van der Waals surface area (Å²) in [6.45, 7) is 0. The molecule has 28 heavy (non-hydrogen) atoms.